The molecule has 43 heavy (non-hydrogen) atoms. The van der Waals surface area contributed by atoms with Gasteiger partial charge in [-0.15, -0.1) is 0 Å². The van der Waals surface area contributed by atoms with Crippen LogP contribution in [0.4, 0.5) is 0 Å². The topological polar surface area (TPSA) is 108 Å². The SMILES string of the molecule is CCCC/C=C\CCCCCCCC(=O)NC(COP(=O)([O-])OCC[N+](C)(C)C)C(O)/C=C/CC/C=C/CCCCCC. The first-order valence-corrected chi connectivity index (χ1v) is 18.3. The maximum absolute atomic E-state index is 12.7. The molecule has 0 fully saturated rings. The van der Waals surface area contributed by atoms with Gasteiger partial charge in [-0.05, 0) is 51.4 Å². The predicted molar refractivity (Wildman–Crippen MR) is 178 cm³/mol. The fourth-order valence-corrected chi connectivity index (χ4v) is 4.99. The zero-order valence-electron chi connectivity index (χ0n) is 28.1. The van der Waals surface area contributed by atoms with Crippen molar-refractivity contribution in [1.82, 2.24) is 5.32 Å². The molecule has 0 aromatic heterocycles. The van der Waals surface area contributed by atoms with Gasteiger partial charge in [-0.2, -0.15) is 0 Å². The van der Waals surface area contributed by atoms with Crippen molar-refractivity contribution in [2.75, 3.05) is 40.9 Å². The van der Waals surface area contributed by atoms with Gasteiger partial charge >= 0.3 is 0 Å². The summed E-state index contributed by atoms with van der Waals surface area (Å²) in [5.74, 6) is -0.224. The number of phosphoric ester groups is 1. The number of hydrogen-bond acceptors (Lipinski definition) is 6. The van der Waals surface area contributed by atoms with E-state index < -0.39 is 26.6 Å². The van der Waals surface area contributed by atoms with Gasteiger partial charge in [0.25, 0.3) is 7.82 Å². The van der Waals surface area contributed by atoms with Gasteiger partial charge in [-0.25, -0.2) is 0 Å². The second-order valence-corrected chi connectivity index (χ2v) is 13.9. The van der Waals surface area contributed by atoms with Crippen molar-refractivity contribution >= 4 is 13.7 Å². The third-order valence-electron chi connectivity index (χ3n) is 7.07. The molecule has 8 nitrogen and oxygen atoms in total. The van der Waals surface area contributed by atoms with E-state index in [4.69, 9.17) is 9.05 Å². The smallest absolute Gasteiger partial charge is 0.268 e. The number of quaternary nitrogens is 1. The number of nitrogens with zero attached hydrogens (tertiary/aromatic N) is 1. The zero-order valence-corrected chi connectivity index (χ0v) is 29.0. The zero-order chi connectivity index (χ0) is 32.2. The Balaban J connectivity index is 4.70. The number of nitrogens with one attached hydrogen (secondary N) is 1. The second kappa shape index (κ2) is 27.1. The highest BCUT2D eigenvalue weighted by atomic mass is 31.2. The van der Waals surface area contributed by atoms with Crippen molar-refractivity contribution in [3.05, 3.63) is 36.5 Å². The van der Waals surface area contributed by atoms with Crippen LogP contribution < -0.4 is 10.2 Å². The highest BCUT2D eigenvalue weighted by Gasteiger charge is 2.23. The van der Waals surface area contributed by atoms with Crippen molar-refractivity contribution in [2.45, 2.75) is 135 Å². The summed E-state index contributed by atoms with van der Waals surface area (Å²) in [4.78, 5) is 25.0. The van der Waals surface area contributed by atoms with Gasteiger partial charge in [0.15, 0.2) is 0 Å². The summed E-state index contributed by atoms with van der Waals surface area (Å²) in [6, 6.07) is -0.901. The summed E-state index contributed by atoms with van der Waals surface area (Å²) in [6.07, 6.45) is 29.1. The average molecular weight is 629 g/mol. The Morgan fingerprint density at radius 3 is 1.95 bits per heavy atom. The van der Waals surface area contributed by atoms with Crippen LogP contribution in [-0.2, 0) is 18.4 Å². The molecule has 0 bridgehead atoms. The number of carbonyl (C=O) groups excluding carboxylic acids is 1. The molecule has 0 spiro atoms. The number of aliphatic hydroxyl groups excluding tert-OH is 1. The van der Waals surface area contributed by atoms with Crippen LogP contribution in [0.3, 0.4) is 0 Å². The molecule has 3 atom stereocenters. The monoisotopic (exact) mass is 628 g/mol. The average Bonchev–Trinajstić information content (AvgIpc) is 2.94. The van der Waals surface area contributed by atoms with Crippen molar-refractivity contribution in [1.29, 1.82) is 0 Å². The first kappa shape index (κ1) is 41.7. The van der Waals surface area contributed by atoms with E-state index >= 15 is 0 Å². The van der Waals surface area contributed by atoms with Crippen LogP contribution in [0, 0.1) is 0 Å². The van der Waals surface area contributed by atoms with Crippen LogP contribution in [-0.4, -0.2) is 68.5 Å². The molecule has 2 N–H and O–H groups in total. The molecule has 0 saturated carbocycles. The number of amides is 1. The molecule has 0 aromatic carbocycles. The molecule has 0 aromatic rings. The Kier molecular flexibility index (Phi) is 26.3. The Hall–Kier alpha value is -1.28. The number of rotatable bonds is 29. The normalized spacial score (nSPS) is 15.4. The fraction of sp³-hybridized carbons (Fsp3) is 0.794. The highest BCUT2D eigenvalue weighted by molar-refractivity contribution is 7.45. The molecule has 0 saturated heterocycles. The van der Waals surface area contributed by atoms with Gasteiger partial charge < -0.3 is 28.8 Å². The Bertz CT molecular complexity index is 809. The quantitative estimate of drug-likeness (QED) is 0.0387. The number of likely N-dealkylation sites (N-methyl/N-ethyl adjacent to an activating group) is 1. The van der Waals surface area contributed by atoms with Crippen molar-refractivity contribution < 1.29 is 32.9 Å². The van der Waals surface area contributed by atoms with Crippen LogP contribution >= 0.6 is 7.82 Å². The van der Waals surface area contributed by atoms with Gasteiger partial charge in [0.2, 0.25) is 5.91 Å². The molecule has 0 heterocycles. The molecule has 1 amide bonds. The summed E-state index contributed by atoms with van der Waals surface area (Å²) < 4.78 is 22.9. The van der Waals surface area contributed by atoms with E-state index in [2.05, 4.69) is 43.5 Å². The summed E-state index contributed by atoms with van der Waals surface area (Å²) in [6.45, 7) is 4.49. The van der Waals surface area contributed by atoms with E-state index in [1.807, 2.05) is 27.2 Å². The molecule has 9 heteroatoms. The van der Waals surface area contributed by atoms with E-state index in [1.54, 1.807) is 6.08 Å². The van der Waals surface area contributed by atoms with Gasteiger partial charge in [0.05, 0.1) is 39.9 Å². The minimum Gasteiger partial charge on any atom is -0.756 e. The highest BCUT2D eigenvalue weighted by Crippen LogP contribution is 2.38. The Labute approximate surface area is 264 Å². The van der Waals surface area contributed by atoms with E-state index in [9.17, 15) is 19.4 Å². The van der Waals surface area contributed by atoms with Crippen LogP contribution in [0.25, 0.3) is 0 Å². The van der Waals surface area contributed by atoms with Crippen LogP contribution in [0.5, 0.6) is 0 Å². The minimum absolute atomic E-state index is 0.00890. The van der Waals surface area contributed by atoms with E-state index in [0.29, 0.717) is 17.4 Å². The standard InChI is InChI=1S/C34H65N2O6P/c1-6-8-10-12-14-16-18-20-22-24-26-28-34(38)35-32(31-42-43(39,40)41-30-29-36(3,4)5)33(37)27-25-23-21-19-17-15-13-11-9-7-2/h12,14,17,19,25,27,32-33,37H,6-11,13,15-16,18,20-24,26,28-31H2,1-5H3,(H-,35,38,39,40)/b14-12-,19-17+,27-25+. The molecule has 0 aliphatic rings. The van der Waals surface area contributed by atoms with Gasteiger partial charge in [0.1, 0.15) is 13.2 Å². The molecule has 0 aliphatic heterocycles. The number of phosphoric acid groups is 1. The third kappa shape index (κ3) is 29.2. The summed E-state index contributed by atoms with van der Waals surface area (Å²) in [7, 11) is 1.23. The Morgan fingerprint density at radius 1 is 0.791 bits per heavy atom. The first-order chi connectivity index (χ1) is 20.5. The second-order valence-electron chi connectivity index (χ2n) is 12.5. The summed E-state index contributed by atoms with van der Waals surface area (Å²) in [5.41, 5.74) is 0. The molecule has 0 radical (unpaired) electrons. The first-order valence-electron chi connectivity index (χ1n) is 16.9. The van der Waals surface area contributed by atoms with Crippen molar-refractivity contribution in [3.8, 4) is 0 Å². The lowest BCUT2D eigenvalue weighted by atomic mass is 10.1. The molecular formula is C34H65N2O6P. The maximum Gasteiger partial charge on any atom is 0.268 e. The number of carbonyl (C=O) groups is 1. The minimum atomic E-state index is -4.58. The van der Waals surface area contributed by atoms with E-state index in [-0.39, 0.29) is 12.5 Å². The molecule has 0 rings (SSSR count). The molecular weight excluding hydrogens is 563 g/mol. The molecule has 252 valence electrons. The van der Waals surface area contributed by atoms with Crippen LogP contribution in [0.15, 0.2) is 36.5 Å². The lowest BCUT2D eigenvalue weighted by Gasteiger charge is -2.29. The number of aliphatic hydroxyl groups is 1. The fourth-order valence-electron chi connectivity index (χ4n) is 4.26. The lowest BCUT2D eigenvalue weighted by Crippen LogP contribution is -2.45. The summed E-state index contributed by atoms with van der Waals surface area (Å²) >= 11 is 0. The van der Waals surface area contributed by atoms with Gasteiger partial charge in [-0.3, -0.25) is 9.36 Å². The van der Waals surface area contributed by atoms with Crippen molar-refractivity contribution in [2.24, 2.45) is 0 Å². The van der Waals surface area contributed by atoms with Crippen molar-refractivity contribution in [3.63, 3.8) is 0 Å². The largest absolute Gasteiger partial charge is 0.756 e. The Morgan fingerprint density at radius 2 is 1.33 bits per heavy atom. The number of hydrogen-bond donors (Lipinski definition) is 2. The summed E-state index contributed by atoms with van der Waals surface area (Å²) in [5, 5.41) is 13.6. The lowest BCUT2D eigenvalue weighted by molar-refractivity contribution is -0.870. The number of unbranched alkanes of at least 4 members (excludes halogenated alkanes) is 12. The van der Waals surface area contributed by atoms with Gasteiger partial charge in [0, 0.05) is 6.42 Å². The van der Waals surface area contributed by atoms with E-state index in [1.165, 1.54) is 38.5 Å². The number of allylic oxidation sites excluding steroid dienone is 5. The molecule has 0 aliphatic carbocycles. The van der Waals surface area contributed by atoms with Crippen LogP contribution in [0.2, 0.25) is 0 Å². The molecule has 3 unspecified atom stereocenters. The third-order valence-corrected chi connectivity index (χ3v) is 8.04. The van der Waals surface area contributed by atoms with E-state index in [0.717, 1.165) is 64.2 Å². The van der Waals surface area contributed by atoms with Crippen LogP contribution in [0.1, 0.15) is 123 Å². The maximum atomic E-state index is 12.7. The predicted octanol–water partition coefficient (Wildman–Crippen LogP) is 7.38. The van der Waals surface area contributed by atoms with Gasteiger partial charge in [-0.1, -0.05) is 102 Å².